The van der Waals surface area contributed by atoms with Gasteiger partial charge in [-0.3, -0.25) is 4.79 Å². The number of hydrogen-bond donors (Lipinski definition) is 1. The van der Waals surface area contributed by atoms with E-state index in [0.717, 1.165) is 11.1 Å². The highest BCUT2D eigenvalue weighted by molar-refractivity contribution is 6.05. The number of rotatable bonds is 6. The van der Waals surface area contributed by atoms with Gasteiger partial charge in [-0.05, 0) is 41.0 Å². The van der Waals surface area contributed by atoms with Crippen LogP contribution in [0, 0.1) is 0 Å². The van der Waals surface area contributed by atoms with Gasteiger partial charge in [0.15, 0.2) is 0 Å². The van der Waals surface area contributed by atoms with E-state index in [2.05, 4.69) is 0 Å². The predicted molar refractivity (Wildman–Crippen MR) is 115 cm³/mol. The summed E-state index contributed by atoms with van der Waals surface area (Å²) in [6, 6.07) is 14.6. The highest BCUT2D eigenvalue weighted by atomic mass is 16.5. The minimum Gasteiger partial charge on any atom is -0.481 e. The van der Waals surface area contributed by atoms with Crippen molar-refractivity contribution in [2.45, 2.75) is 6.42 Å². The van der Waals surface area contributed by atoms with Crippen molar-refractivity contribution in [2.24, 2.45) is 0 Å². The number of carbonyl (C=O) groups is 3. The van der Waals surface area contributed by atoms with Crippen LogP contribution in [0.4, 0.5) is 5.69 Å². The third kappa shape index (κ3) is 4.90. The number of nitrogens with zero attached hydrogens (tertiary/aromatic N) is 1. The van der Waals surface area contributed by atoms with Crippen molar-refractivity contribution in [3.8, 4) is 11.1 Å². The zero-order chi connectivity index (χ0) is 22.4. The van der Waals surface area contributed by atoms with Crippen molar-refractivity contribution >= 4 is 23.6 Å². The molecule has 3 rings (SSSR count). The Hall–Kier alpha value is -4.13. The number of carboxylic acids is 1. The summed E-state index contributed by atoms with van der Waals surface area (Å²) in [7, 11) is 2.49. The molecule has 0 radical (unpaired) electrons. The molecule has 1 aliphatic heterocycles. The lowest BCUT2D eigenvalue weighted by Gasteiger charge is -2.23. The van der Waals surface area contributed by atoms with E-state index < -0.39 is 17.9 Å². The molecular formula is C24H21NO6. The van der Waals surface area contributed by atoms with Gasteiger partial charge in [0, 0.05) is 11.9 Å². The number of carboxylic acid groups (broad SMARTS) is 1. The van der Waals surface area contributed by atoms with Gasteiger partial charge >= 0.3 is 17.9 Å². The second-order valence-electron chi connectivity index (χ2n) is 6.63. The summed E-state index contributed by atoms with van der Waals surface area (Å²) >= 11 is 0. The molecule has 0 spiro atoms. The number of aliphatic carboxylic acids is 1. The summed E-state index contributed by atoms with van der Waals surface area (Å²) < 4.78 is 9.75. The first-order valence-electron chi connectivity index (χ1n) is 9.40. The van der Waals surface area contributed by atoms with Crippen molar-refractivity contribution < 1.29 is 29.0 Å². The number of esters is 2. The lowest BCUT2D eigenvalue weighted by atomic mass is 10.0. The zero-order valence-electron chi connectivity index (χ0n) is 17.1. The molecule has 2 aromatic rings. The predicted octanol–water partition coefficient (Wildman–Crippen LogP) is 3.47. The van der Waals surface area contributed by atoms with Crippen LogP contribution in [0.2, 0.25) is 0 Å². The Labute approximate surface area is 179 Å². The topological polar surface area (TPSA) is 93.1 Å². The maximum Gasteiger partial charge on any atom is 0.355 e. The molecule has 0 aromatic heterocycles. The number of anilines is 1. The molecule has 2 aromatic carbocycles. The van der Waals surface area contributed by atoms with Crippen molar-refractivity contribution in [2.75, 3.05) is 19.1 Å². The van der Waals surface area contributed by atoms with Gasteiger partial charge < -0.3 is 19.5 Å². The minimum absolute atomic E-state index is 0.0355. The first kappa shape index (κ1) is 21.6. The molecule has 7 nitrogen and oxygen atoms in total. The van der Waals surface area contributed by atoms with Crippen LogP contribution >= 0.6 is 0 Å². The Morgan fingerprint density at radius 2 is 1.61 bits per heavy atom. The van der Waals surface area contributed by atoms with Crippen LogP contribution < -0.4 is 4.90 Å². The summed E-state index contributed by atoms with van der Waals surface area (Å²) in [4.78, 5) is 37.3. The maximum absolute atomic E-state index is 12.6. The van der Waals surface area contributed by atoms with Crippen LogP contribution in [0.3, 0.4) is 0 Å². The number of carbonyl (C=O) groups excluding carboxylic acids is 2. The third-order valence-corrected chi connectivity index (χ3v) is 4.66. The molecule has 0 amide bonds. The number of benzene rings is 2. The molecule has 158 valence electrons. The Morgan fingerprint density at radius 3 is 2.26 bits per heavy atom. The molecule has 0 aliphatic carbocycles. The van der Waals surface area contributed by atoms with Gasteiger partial charge in [-0.25, -0.2) is 9.59 Å². The fraction of sp³-hybridized carbons (Fsp3) is 0.125. The Bertz CT molecular complexity index is 1100. The van der Waals surface area contributed by atoms with E-state index in [1.807, 2.05) is 30.3 Å². The Kier molecular flexibility index (Phi) is 6.67. The van der Waals surface area contributed by atoms with Crippen LogP contribution in [-0.4, -0.2) is 37.2 Å². The van der Waals surface area contributed by atoms with E-state index in [-0.39, 0.29) is 17.7 Å². The van der Waals surface area contributed by atoms with E-state index in [1.54, 1.807) is 41.5 Å². The molecule has 0 saturated carbocycles. The van der Waals surface area contributed by atoms with E-state index in [1.165, 1.54) is 20.3 Å². The van der Waals surface area contributed by atoms with E-state index in [0.29, 0.717) is 11.3 Å². The molecule has 0 bridgehead atoms. The SMILES string of the molecule is COC(=O)C1=C(C(=O)OC)N(c2cccc(-c3ccc(CC(=O)O)cc3)c2)C=CC=C1. The molecule has 1 aliphatic rings. The van der Waals surface area contributed by atoms with Crippen LogP contribution in [0.15, 0.2) is 84.2 Å². The van der Waals surface area contributed by atoms with Gasteiger partial charge in [0.25, 0.3) is 0 Å². The quantitative estimate of drug-likeness (QED) is 0.717. The van der Waals surface area contributed by atoms with Gasteiger partial charge in [0.2, 0.25) is 0 Å². The Morgan fingerprint density at radius 1 is 0.903 bits per heavy atom. The summed E-state index contributed by atoms with van der Waals surface area (Å²) in [5.41, 5.74) is 3.18. The summed E-state index contributed by atoms with van der Waals surface area (Å²) in [6.45, 7) is 0. The lowest BCUT2D eigenvalue weighted by Crippen LogP contribution is -2.26. The largest absolute Gasteiger partial charge is 0.481 e. The monoisotopic (exact) mass is 419 g/mol. The van der Waals surface area contributed by atoms with Crippen LogP contribution in [0.5, 0.6) is 0 Å². The van der Waals surface area contributed by atoms with Crippen LogP contribution in [0.25, 0.3) is 11.1 Å². The molecule has 0 atom stereocenters. The third-order valence-electron chi connectivity index (χ3n) is 4.66. The summed E-state index contributed by atoms with van der Waals surface area (Å²) in [5.74, 6) is -2.23. The fourth-order valence-electron chi connectivity index (χ4n) is 3.19. The molecule has 1 heterocycles. The summed E-state index contributed by atoms with van der Waals surface area (Å²) in [6.07, 6.45) is 6.45. The number of ether oxygens (including phenoxy) is 2. The van der Waals surface area contributed by atoms with E-state index >= 15 is 0 Å². The van der Waals surface area contributed by atoms with Gasteiger partial charge in [0.05, 0.1) is 26.2 Å². The minimum atomic E-state index is -0.889. The molecule has 0 fully saturated rings. The van der Waals surface area contributed by atoms with Crippen molar-refractivity contribution in [3.05, 3.63) is 89.8 Å². The molecule has 0 saturated heterocycles. The molecular weight excluding hydrogens is 398 g/mol. The van der Waals surface area contributed by atoms with E-state index in [9.17, 15) is 14.4 Å². The van der Waals surface area contributed by atoms with Crippen LogP contribution in [0.1, 0.15) is 5.56 Å². The van der Waals surface area contributed by atoms with Crippen molar-refractivity contribution in [1.82, 2.24) is 0 Å². The first-order valence-corrected chi connectivity index (χ1v) is 9.40. The van der Waals surface area contributed by atoms with Gasteiger partial charge in [-0.1, -0.05) is 42.5 Å². The maximum atomic E-state index is 12.6. The molecule has 0 unspecified atom stereocenters. The molecule has 7 heteroatoms. The van der Waals surface area contributed by atoms with Crippen molar-refractivity contribution in [3.63, 3.8) is 0 Å². The second kappa shape index (κ2) is 9.58. The smallest absolute Gasteiger partial charge is 0.355 e. The van der Waals surface area contributed by atoms with Crippen LogP contribution in [-0.2, 0) is 30.3 Å². The average Bonchev–Trinajstić information content (AvgIpc) is 3.01. The fourth-order valence-corrected chi connectivity index (χ4v) is 3.19. The van der Waals surface area contributed by atoms with Gasteiger partial charge in [-0.2, -0.15) is 0 Å². The lowest BCUT2D eigenvalue weighted by molar-refractivity contribution is -0.139. The first-order chi connectivity index (χ1) is 14.9. The number of hydrogen-bond acceptors (Lipinski definition) is 6. The zero-order valence-corrected chi connectivity index (χ0v) is 17.1. The summed E-state index contributed by atoms with van der Waals surface area (Å²) in [5, 5.41) is 8.93. The number of methoxy groups -OCH3 is 2. The standard InChI is InChI=1S/C24H21NO6/c1-30-23(28)20-8-3-4-13-25(22(20)24(29)31-2)19-7-5-6-18(15-19)17-11-9-16(10-12-17)14-21(26)27/h3-13,15H,14H2,1-2H3,(H,26,27). The Balaban J connectivity index is 2.04. The number of allylic oxidation sites excluding steroid dienone is 2. The van der Waals surface area contributed by atoms with Gasteiger partial charge in [0.1, 0.15) is 5.70 Å². The highest BCUT2D eigenvalue weighted by Crippen LogP contribution is 2.30. The normalized spacial score (nSPS) is 13.0. The average molecular weight is 419 g/mol. The molecule has 1 N–H and O–H groups in total. The van der Waals surface area contributed by atoms with Crippen molar-refractivity contribution in [1.29, 1.82) is 0 Å². The van der Waals surface area contributed by atoms with E-state index in [4.69, 9.17) is 14.6 Å². The molecule has 31 heavy (non-hydrogen) atoms. The highest BCUT2D eigenvalue weighted by Gasteiger charge is 2.27. The van der Waals surface area contributed by atoms with Gasteiger partial charge in [-0.15, -0.1) is 0 Å². The second-order valence-corrected chi connectivity index (χ2v) is 6.63.